The van der Waals surface area contributed by atoms with Gasteiger partial charge in [0.25, 0.3) is 15.9 Å². The van der Waals surface area contributed by atoms with Crippen molar-refractivity contribution in [3.05, 3.63) is 94.0 Å². The molecule has 3 rings (SSSR count). The molecule has 0 heterocycles. The molecule has 32 heavy (non-hydrogen) atoms. The Balaban J connectivity index is 1.83. The van der Waals surface area contributed by atoms with Crippen LogP contribution in [0.2, 0.25) is 5.02 Å². The van der Waals surface area contributed by atoms with Crippen LogP contribution < -0.4 is 10.0 Å². The number of sulfonamides is 1. The quantitative estimate of drug-likeness (QED) is 0.478. The van der Waals surface area contributed by atoms with Crippen LogP contribution >= 0.6 is 11.6 Å². The number of amides is 1. The Morgan fingerprint density at radius 1 is 0.969 bits per heavy atom. The van der Waals surface area contributed by atoms with Crippen LogP contribution in [0.15, 0.2) is 71.6 Å². The lowest BCUT2D eigenvalue weighted by molar-refractivity contribution is 0.0913. The van der Waals surface area contributed by atoms with Gasteiger partial charge >= 0.3 is 0 Å². The van der Waals surface area contributed by atoms with Crippen molar-refractivity contribution in [3.8, 4) is 0 Å². The summed E-state index contributed by atoms with van der Waals surface area (Å²) in [5.74, 6) is -0.370. The molecule has 3 aromatic rings. The van der Waals surface area contributed by atoms with E-state index in [9.17, 15) is 13.2 Å². The molecule has 7 heteroatoms. The first-order chi connectivity index (χ1) is 15.0. The van der Waals surface area contributed by atoms with Crippen LogP contribution in [0.25, 0.3) is 0 Å². The van der Waals surface area contributed by atoms with Crippen LogP contribution in [-0.4, -0.2) is 19.9 Å². The Labute approximate surface area is 194 Å². The zero-order chi connectivity index (χ0) is 23.5. The van der Waals surface area contributed by atoms with Gasteiger partial charge < -0.3 is 5.32 Å². The molecule has 0 aliphatic rings. The standard InChI is InChI=1S/C25H27ClN2O3S/c1-17-10-13-22(18(2)14-17)28-32(30,31)23-15-20(11-12-21(23)26)24(29)27-25(3,4)16-19-8-6-5-7-9-19/h5-15,28H,16H2,1-4H3,(H,27,29). The lowest BCUT2D eigenvalue weighted by Crippen LogP contribution is -2.45. The highest BCUT2D eigenvalue weighted by atomic mass is 35.5. The van der Waals surface area contributed by atoms with E-state index in [-0.39, 0.29) is 21.4 Å². The van der Waals surface area contributed by atoms with Gasteiger partial charge in [-0.25, -0.2) is 8.42 Å². The molecule has 0 aliphatic heterocycles. The van der Waals surface area contributed by atoms with Gasteiger partial charge in [-0.1, -0.05) is 59.6 Å². The number of carbonyl (C=O) groups excluding carboxylic acids is 1. The largest absolute Gasteiger partial charge is 0.347 e. The number of anilines is 1. The second-order valence-corrected chi connectivity index (χ2v) is 10.6. The summed E-state index contributed by atoms with van der Waals surface area (Å²) in [4.78, 5) is 12.8. The summed E-state index contributed by atoms with van der Waals surface area (Å²) in [6.07, 6.45) is 0.632. The molecule has 0 bridgehead atoms. The fourth-order valence-electron chi connectivity index (χ4n) is 3.51. The predicted molar refractivity (Wildman–Crippen MR) is 130 cm³/mol. The van der Waals surface area contributed by atoms with Gasteiger partial charge in [0.2, 0.25) is 0 Å². The normalized spacial score (nSPS) is 11.8. The van der Waals surface area contributed by atoms with Crippen molar-refractivity contribution in [2.24, 2.45) is 0 Å². The fourth-order valence-corrected chi connectivity index (χ4v) is 5.17. The first-order valence-electron chi connectivity index (χ1n) is 10.2. The second kappa shape index (κ2) is 9.35. The SMILES string of the molecule is Cc1ccc(NS(=O)(=O)c2cc(C(=O)NC(C)(C)Cc3ccccc3)ccc2Cl)c(C)c1. The third-order valence-electron chi connectivity index (χ3n) is 5.05. The molecule has 1 amide bonds. The van der Waals surface area contributed by atoms with Gasteiger partial charge in [-0.3, -0.25) is 9.52 Å². The van der Waals surface area contributed by atoms with E-state index in [1.54, 1.807) is 6.07 Å². The van der Waals surface area contributed by atoms with Gasteiger partial charge in [-0.05, 0) is 69.5 Å². The molecule has 5 nitrogen and oxygen atoms in total. The molecule has 0 unspecified atom stereocenters. The van der Waals surface area contributed by atoms with E-state index in [0.29, 0.717) is 12.1 Å². The molecule has 0 fully saturated rings. The van der Waals surface area contributed by atoms with E-state index >= 15 is 0 Å². The maximum Gasteiger partial charge on any atom is 0.263 e. The molecule has 0 spiro atoms. The van der Waals surface area contributed by atoms with Crippen LogP contribution in [0.5, 0.6) is 0 Å². The van der Waals surface area contributed by atoms with Gasteiger partial charge in [-0.15, -0.1) is 0 Å². The highest BCUT2D eigenvalue weighted by Gasteiger charge is 2.25. The molecular formula is C25H27ClN2O3S. The summed E-state index contributed by atoms with van der Waals surface area (Å²) in [5, 5.41) is 3.03. The van der Waals surface area contributed by atoms with E-state index in [1.165, 1.54) is 18.2 Å². The van der Waals surface area contributed by atoms with Gasteiger partial charge in [0, 0.05) is 11.1 Å². The molecule has 3 aromatic carbocycles. The number of carbonyl (C=O) groups is 1. The summed E-state index contributed by atoms with van der Waals surface area (Å²) in [7, 11) is -3.99. The zero-order valence-corrected chi connectivity index (χ0v) is 20.1. The first kappa shape index (κ1) is 23.8. The maximum atomic E-state index is 13.0. The number of rotatable bonds is 7. The summed E-state index contributed by atoms with van der Waals surface area (Å²) >= 11 is 6.21. The Bertz CT molecular complexity index is 1240. The molecule has 168 valence electrons. The average molecular weight is 471 g/mol. The smallest absolute Gasteiger partial charge is 0.263 e. The van der Waals surface area contributed by atoms with E-state index in [1.807, 2.05) is 70.2 Å². The number of benzene rings is 3. The number of hydrogen-bond acceptors (Lipinski definition) is 3. The Morgan fingerprint density at radius 3 is 2.31 bits per heavy atom. The Kier molecular flexibility index (Phi) is 6.96. The molecular weight excluding hydrogens is 444 g/mol. The van der Waals surface area contributed by atoms with Crippen LogP contribution in [0.3, 0.4) is 0 Å². The molecule has 0 saturated heterocycles. The van der Waals surface area contributed by atoms with Crippen molar-refractivity contribution in [1.29, 1.82) is 0 Å². The maximum absolute atomic E-state index is 13.0. The summed E-state index contributed by atoms with van der Waals surface area (Å²) in [6.45, 7) is 7.61. The highest BCUT2D eigenvalue weighted by Crippen LogP contribution is 2.27. The topological polar surface area (TPSA) is 75.3 Å². The van der Waals surface area contributed by atoms with Crippen LogP contribution in [-0.2, 0) is 16.4 Å². The van der Waals surface area contributed by atoms with E-state index in [2.05, 4.69) is 10.0 Å². The zero-order valence-electron chi connectivity index (χ0n) is 18.6. The Hall–Kier alpha value is -2.83. The third-order valence-corrected chi connectivity index (χ3v) is 6.90. The van der Waals surface area contributed by atoms with Crippen LogP contribution in [0.1, 0.15) is 40.9 Å². The van der Waals surface area contributed by atoms with Crippen molar-refractivity contribution in [1.82, 2.24) is 5.32 Å². The number of aryl methyl sites for hydroxylation is 2. The van der Waals surface area contributed by atoms with Crippen molar-refractivity contribution in [2.75, 3.05) is 4.72 Å². The minimum Gasteiger partial charge on any atom is -0.347 e. The molecule has 0 aromatic heterocycles. The van der Waals surface area contributed by atoms with Gasteiger partial charge in [0.1, 0.15) is 4.90 Å². The van der Waals surface area contributed by atoms with Gasteiger partial charge in [0.05, 0.1) is 10.7 Å². The predicted octanol–water partition coefficient (Wildman–Crippen LogP) is 5.51. The first-order valence-corrected chi connectivity index (χ1v) is 12.1. The molecule has 0 saturated carbocycles. The summed E-state index contributed by atoms with van der Waals surface area (Å²) in [6, 6.07) is 19.5. The summed E-state index contributed by atoms with van der Waals surface area (Å²) in [5.41, 5.74) is 3.06. The molecule has 2 N–H and O–H groups in total. The van der Waals surface area contributed by atoms with Crippen molar-refractivity contribution in [2.45, 2.75) is 44.6 Å². The molecule has 0 atom stereocenters. The van der Waals surface area contributed by atoms with Crippen molar-refractivity contribution >= 4 is 33.2 Å². The lowest BCUT2D eigenvalue weighted by Gasteiger charge is -2.26. The van der Waals surface area contributed by atoms with Gasteiger partial charge in [-0.2, -0.15) is 0 Å². The summed E-state index contributed by atoms with van der Waals surface area (Å²) < 4.78 is 28.6. The third kappa shape index (κ3) is 5.90. The molecule has 0 aliphatic carbocycles. The van der Waals surface area contributed by atoms with Crippen LogP contribution in [0.4, 0.5) is 5.69 Å². The minimum absolute atomic E-state index is 0.0439. The van der Waals surface area contributed by atoms with Crippen LogP contribution in [0, 0.1) is 13.8 Å². The number of nitrogens with one attached hydrogen (secondary N) is 2. The number of hydrogen-bond donors (Lipinski definition) is 2. The van der Waals surface area contributed by atoms with E-state index in [4.69, 9.17) is 11.6 Å². The lowest BCUT2D eigenvalue weighted by atomic mass is 9.94. The van der Waals surface area contributed by atoms with Gasteiger partial charge in [0.15, 0.2) is 0 Å². The highest BCUT2D eigenvalue weighted by molar-refractivity contribution is 7.92. The fraction of sp³-hybridized carbons (Fsp3) is 0.240. The van der Waals surface area contributed by atoms with Crippen molar-refractivity contribution in [3.63, 3.8) is 0 Å². The monoisotopic (exact) mass is 470 g/mol. The van der Waals surface area contributed by atoms with E-state index < -0.39 is 15.6 Å². The second-order valence-electron chi connectivity index (χ2n) is 8.57. The van der Waals surface area contributed by atoms with E-state index in [0.717, 1.165) is 16.7 Å². The number of halogens is 1. The average Bonchev–Trinajstić information content (AvgIpc) is 2.70. The minimum atomic E-state index is -3.99. The van der Waals surface area contributed by atoms with Crippen molar-refractivity contribution < 1.29 is 13.2 Å². The Morgan fingerprint density at radius 2 is 1.66 bits per heavy atom. The molecule has 0 radical (unpaired) electrons.